The van der Waals surface area contributed by atoms with Crippen molar-refractivity contribution in [1.29, 1.82) is 0 Å². The molecule has 1 heterocycles. The third-order valence-electron chi connectivity index (χ3n) is 5.40. The van der Waals surface area contributed by atoms with Gasteiger partial charge in [-0.15, -0.1) is 0 Å². The van der Waals surface area contributed by atoms with E-state index in [1.54, 1.807) is 0 Å². The lowest BCUT2D eigenvalue weighted by Crippen LogP contribution is -2.48. The molecular formula is C25H32N2O3. The number of hydrogen-bond donors (Lipinski definition) is 1. The third kappa shape index (κ3) is 5.62. The molecule has 5 heteroatoms. The highest BCUT2D eigenvalue weighted by Crippen LogP contribution is 2.26. The summed E-state index contributed by atoms with van der Waals surface area (Å²) in [6, 6.07) is 15.6. The predicted octanol–water partition coefficient (Wildman–Crippen LogP) is 4.69. The topological polar surface area (TPSA) is 58.6 Å². The van der Waals surface area contributed by atoms with Crippen LogP contribution in [0.15, 0.2) is 48.5 Å². The zero-order chi connectivity index (χ0) is 21.7. The van der Waals surface area contributed by atoms with E-state index in [4.69, 9.17) is 4.74 Å². The van der Waals surface area contributed by atoms with Gasteiger partial charge in [0, 0.05) is 30.6 Å². The number of carbonyl (C=O) groups excluding carboxylic acids is 2. The van der Waals surface area contributed by atoms with Crippen LogP contribution in [-0.4, -0.2) is 29.8 Å². The molecule has 30 heavy (non-hydrogen) atoms. The van der Waals surface area contributed by atoms with Gasteiger partial charge in [-0.2, -0.15) is 0 Å². The molecule has 5 nitrogen and oxygen atoms in total. The van der Waals surface area contributed by atoms with E-state index in [-0.39, 0.29) is 17.7 Å². The number of hydrogen-bond acceptors (Lipinski definition) is 3. The maximum atomic E-state index is 12.8. The van der Waals surface area contributed by atoms with Crippen molar-refractivity contribution in [2.24, 2.45) is 11.3 Å². The fourth-order valence-electron chi connectivity index (χ4n) is 3.66. The monoisotopic (exact) mass is 408 g/mol. The molecular weight excluding hydrogens is 376 g/mol. The molecule has 0 radical (unpaired) electrons. The highest BCUT2D eigenvalue weighted by atomic mass is 16.5. The Kier molecular flexibility index (Phi) is 6.80. The SMILES string of the molecule is Cc1ccc(Oc2ccccc2CNC(=O)C2CCCN(C(=O)C(C)(C)C)C2)cc1. The Bertz CT molecular complexity index is 884. The molecule has 160 valence electrons. The van der Waals surface area contributed by atoms with Crippen LogP contribution in [0.1, 0.15) is 44.7 Å². The molecule has 0 aromatic heterocycles. The highest BCUT2D eigenvalue weighted by molar-refractivity contribution is 5.84. The van der Waals surface area contributed by atoms with Gasteiger partial charge < -0.3 is 15.0 Å². The average Bonchev–Trinajstić information content (AvgIpc) is 2.73. The zero-order valence-electron chi connectivity index (χ0n) is 18.4. The van der Waals surface area contributed by atoms with Crippen LogP contribution in [0, 0.1) is 18.3 Å². The average molecular weight is 409 g/mol. The lowest BCUT2D eigenvalue weighted by atomic mass is 9.91. The smallest absolute Gasteiger partial charge is 0.227 e. The fraction of sp³-hybridized carbons (Fsp3) is 0.440. The number of rotatable bonds is 5. The quantitative estimate of drug-likeness (QED) is 0.781. The van der Waals surface area contributed by atoms with Crippen molar-refractivity contribution in [3.63, 3.8) is 0 Å². The van der Waals surface area contributed by atoms with E-state index in [0.29, 0.717) is 13.1 Å². The predicted molar refractivity (Wildman–Crippen MR) is 118 cm³/mol. The molecule has 2 aromatic carbocycles. The van der Waals surface area contributed by atoms with Gasteiger partial charge in [0.05, 0.1) is 5.92 Å². The van der Waals surface area contributed by atoms with Crippen LogP contribution in [0.4, 0.5) is 0 Å². The molecule has 1 aliphatic rings. The number of ether oxygens (including phenoxy) is 1. The lowest BCUT2D eigenvalue weighted by molar-refractivity contribution is -0.142. The summed E-state index contributed by atoms with van der Waals surface area (Å²) in [5, 5.41) is 3.05. The number of likely N-dealkylation sites (tertiary alicyclic amines) is 1. The number of aryl methyl sites for hydroxylation is 1. The number of benzene rings is 2. The first-order valence-electron chi connectivity index (χ1n) is 10.6. The summed E-state index contributed by atoms with van der Waals surface area (Å²) in [4.78, 5) is 27.2. The first-order chi connectivity index (χ1) is 14.2. The second-order valence-corrected chi connectivity index (χ2v) is 9.08. The van der Waals surface area contributed by atoms with Gasteiger partial charge >= 0.3 is 0 Å². The summed E-state index contributed by atoms with van der Waals surface area (Å²) >= 11 is 0. The van der Waals surface area contributed by atoms with Crippen molar-refractivity contribution < 1.29 is 14.3 Å². The molecule has 0 aliphatic carbocycles. The Morgan fingerprint density at radius 1 is 1.10 bits per heavy atom. The van der Waals surface area contributed by atoms with Crippen molar-refractivity contribution in [2.45, 2.75) is 47.1 Å². The normalized spacial score (nSPS) is 16.8. The van der Waals surface area contributed by atoms with Crippen LogP contribution in [0.25, 0.3) is 0 Å². The van der Waals surface area contributed by atoms with Gasteiger partial charge in [0.15, 0.2) is 0 Å². The van der Waals surface area contributed by atoms with E-state index in [9.17, 15) is 9.59 Å². The Balaban J connectivity index is 1.61. The van der Waals surface area contributed by atoms with Gasteiger partial charge in [0.1, 0.15) is 11.5 Å². The Morgan fingerprint density at radius 2 is 1.80 bits per heavy atom. The lowest BCUT2D eigenvalue weighted by Gasteiger charge is -2.35. The molecule has 1 saturated heterocycles. The van der Waals surface area contributed by atoms with Crippen LogP contribution >= 0.6 is 0 Å². The van der Waals surface area contributed by atoms with Crippen molar-refractivity contribution in [3.8, 4) is 11.5 Å². The summed E-state index contributed by atoms with van der Waals surface area (Å²) < 4.78 is 6.02. The minimum absolute atomic E-state index is 0.00783. The van der Waals surface area contributed by atoms with E-state index in [0.717, 1.165) is 36.4 Å². The second kappa shape index (κ2) is 9.33. The van der Waals surface area contributed by atoms with Gasteiger partial charge in [0.25, 0.3) is 0 Å². The molecule has 1 N–H and O–H groups in total. The fourth-order valence-corrected chi connectivity index (χ4v) is 3.66. The summed E-state index contributed by atoms with van der Waals surface area (Å²) in [5.74, 6) is 1.43. The Morgan fingerprint density at radius 3 is 2.50 bits per heavy atom. The number of carbonyl (C=O) groups is 2. The minimum Gasteiger partial charge on any atom is -0.457 e. The molecule has 1 atom stereocenters. The van der Waals surface area contributed by atoms with Crippen molar-refractivity contribution >= 4 is 11.8 Å². The standard InChI is InChI=1S/C25H32N2O3/c1-18-11-13-21(14-12-18)30-22-10-6-5-8-19(22)16-26-23(28)20-9-7-15-27(17-20)24(29)25(2,3)4/h5-6,8,10-14,20H,7,9,15-17H2,1-4H3,(H,26,28). The summed E-state index contributed by atoms with van der Waals surface area (Å²) in [5.41, 5.74) is 1.67. The largest absolute Gasteiger partial charge is 0.457 e. The molecule has 1 aliphatic heterocycles. The van der Waals surface area contributed by atoms with Gasteiger partial charge in [-0.3, -0.25) is 9.59 Å². The van der Waals surface area contributed by atoms with Gasteiger partial charge in [-0.1, -0.05) is 56.7 Å². The van der Waals surface area contributed by atoms with E-state index in [1.165, 1.54) is 5.56 Å². The maximum absolute atomic E-state index is 12.8. The van der Waals surface area contributed by atoms with E-state index >= 15 is 0 Å². The van der Waals surface area contributed by atoms with Gasteiger partial charge in [-0.25, -0.2) is 0 Å². The summed E-state index contributed by atoms with van der Waals surface area (Å²) in [6.45, 7) is 9.41. The number of nitrogens with zero attached hydrogens (tertiary/aromatic N) is 1. The summed E-state index contributed by atoms with van der Waals surface area (Å²) in [6.07, 6.45) is 1.66. The van der Waals surface area contributed by atoms with Crippen LogP contribution in [-0.2, 0) is 16.1 Å². The van der Waals surface area contributed by atoms with Crippen LogP contribution in [0.3, 0.4) is 0 Å². The first kappa shape index (κ1) is 21.9. The van der Waals surface area contributed by atoms with Crippen LogP contribution in [0.5, 0.6) is 11.5 Å². The molecule has 2 amide bonds. The van der Waals surface area contributed by atoms with Crippen molar-refractivity contribution in [3.05, 3.63) is 59.7 Å². The Labute approximate surface area is 179 Å². The highest BCUT2D eigenvalue weighted by Gasteiger charge is 2.33. The second-order valence-electron chi connectivity index (χ2n) is 9.08. The maximum Gasteiger partial charge on any atom is 0.227 e. The summed E-state index contributed by atoms with van der Waals surface area (Å²) in [7, 11) is 0. The molecule has 2 aromatic rings. The van der Waals surface area contributed by atoms with Crippen molar-refractivity contribution in [1.82, 2.24) is 10.2 Å². The Hall–Kier alpha value is -2.82. The molecule has 0 spiro atoms. The third-order valence-corrected chi connectivity index (χ3v) is 5.40. The van der Waals surface area contributed by atoms with Gasteiger partial charge in [-0.05, 0) is 38.0 Å². The molecule has 1 unspecified atom stereocenters. The van der Waals surface area contributed by atoms with Crippen molar-refractivity contribution in [2.75, 3.05) is 13.1 Å². The van der Waals surface area contributed by atoms with Crippen LogP contribution < -0.4 is 10.1 Å². The molecule has 0 saturated carbocycles. The van der Waals surface area contributed by atoms with Gasteiger partial charge in [0.2, 0.25) is 11.8 Å². The zero-order valence-corrected chi connectivity index (χ0v) is 18.4. The minimum atomic E-state index is -0.426. The number of piperidine rings is 1. The van der Waals surface area contributed by atoms with E-state index in [2.05, 4.69) is 5.32 Å². The molecule has 3 rings (SSSR count). The number of nitrogens with one attached hydrogen (secondary N) is 1. The van der Waals surface area contributed by atoms with E-state index in [1.807, 2.05) is 81.1 Å². The van der Waals surface area contributed by atoms with E-state index < -0.39 is 5.41 Å². The first-order valence-corrected chi connectivity index (χ1v) is 10.6. The number of para-hydroxylation sites is 1. The molecule has 1 fully saturated rings. The molecule has 0 bridgehead atoms. The number of amides is 2. The van der Waals surface area contributed by atoms with Crippen LogP contribution in [0.2, 0.25) is 0 Å².